The zero-order valence-electron chi connectivity index (χ0n) is 47.4. The number of ether oxygens (including phenoxy) is 1. The second-order valence-electron chi connectivity index (χ2n) is 21.1. The summed E-state index contributed by atoms with van der Waals surface area (Å²) in [6.07, 6.45) is 74.4. The minimum Gasteiger partial charge on any atom is -0.462 e. The number of nitrogens with one attached hydrogen (secondary N) is 1. The number of carbonyl (C=O) groups is 2. The fraction of sp³-hybridized carbons (Fsp3) is 0.815. The van der Waals surface area contributed by atoms with E-state index in [2.05, 4.69) is 86.8 Å². The van der Waals surface area contributed by atoms with Crippen LogP contribution in [0.15, 0.2) is 60.8 Å². The third-order valence-corrected chi connectivity index (χ3v) is 14.1. The molecule has 1 amide bonds. The molecular weight excluding hydrogens is 875 g/mol. The zero-order chi connectivity index (χ0) is 51.6. The highest BCUT2D eigenvalue weighted by Gasteiger charge is 2.24. The Labute approximate surface area is 441 Å². The van der Waals surface area contributed by atoms with E-state index in [4.69, 9.17) is 4.74 Å². The molecule has 0 bridgehead atoms. The van der Waals surface area contributed by atoms with Crippen molar-refractivity contribution in [2.75, 3.05) is 6.61 Å². The first-order chi connectivity index (χ1) is 35.0. The van der Waals surface area contributed by atoms with E-state index >= 15 is 0 Å². The number of amides is 1. The Morgan fingerprint density at radius 1 is 0.423 bits per heavy atom. The Balaban J connectivity index is 4.59. The lowest BCUT2D eigenvalue weighted by Gasteiger charge is -2.24. The lowest BCUT2D eigenvalue weighted by molar-refractivity contribution is -0.151. The molecule has 0 radical (unpaired) electrons. The lowest BCUT2D eigenvalue weighted by Crippen LogP contribution is -2.46. The van der Waals surface area contributed by atoms with Crippen LogP contribution in [-0.4, -0.2) is 46.9 Å². The number of aliphatic hydroxyl groups excluding tert-OH is 2. The predicted octanol–water partition coefficient (Wildman–Crippen LogP) is 19.5. The molecule has 71 heavy (non-hydrogen) atoms. The van der Waals surface area contributed by atoms with E-state index < -0.39 is 18.2 Å². The third-order valence-electron chi connectivity index (χ3n) is 14.1. The van der Waals surface area contributed by atoms with Crippen molar-refractivity contribution in [1.29, 1.82) is 0 Å². The maximum absolute atomic E-state index is 13.3. The van der Waals surface area contributed by atoms with E-state index in [1.165, 1.54) is 186 Å². The Morgan fingerprint density at radius 2 is 0.761 bits per heavy atom. The molecule has 0 aromatic heterocycles. The maximum Gasteiger partial charge on any atom is 0.306 e. The second-order valence-corrected chi connectivity index (χ2v) is 21.1. The minimum atomic E-state index is -0.804. The molecular formula is C65H119NO5. The first-order valence-electron chi connectivity index (χ1n) is 31.0. The molecule has 0 rings (SSSR count). The van der Waals surface area contributed by atoms with Crippen molar-refractivity contribution in [3.05, 3.63) is 60.8 Å². The average molecular weight is 995 g/mol. The smallest absolute Gasteiger partial charge is 0.306 e. The van der Waals surface area contributed by atoms with Crippen molar-refractivity contribution < 1.29 is 24.5 Å². The van der Waals surface area contributed by atoms with Gasteiger partial charge in [-0.3, -0.25) is 9.59 Å². The first kappa shape index (κ1) is 68.6. The van der Waals surface area contributed by atoms with Crippen molar-refractivity contribution >= 4 is 11.9 Å². The molecule has 3 N–H and O–H groups in total. The maximum atomic E-state index is 13.3. The number of carbonyl (C=O) groups excluding carboxylic acids is 2. The van der Waals surface area contributed by atoms with E-state index in [1.807, 2.05) is 0 Å². The number of aliphatic hydroxyl groups is 2. The van der Waals surface area contributed by atoms with Crippen molar-refractivity contribution in [3.8, 4) is 0 Å². The Hall–Kier alpha value is -2.44. The topological polar surface area (TPSA) is 95.9 Å². The van der Waals surface area contributed by atoms with Crippen molar-refractivity contribution in [2.24, 2.45) is 0 Å². The van der Waals surface area contributed by atoms with Gasteiger partial charge in [-0.05, 0) is 64.2 Å². The quantitative estimate of drug-likeness (QED) is 0.0321. The van der Waals surface area contributed by atoms with Gasteiger partial charge in [-0.25, -0.2) is 0 Å². The molecule has 0 aliphatic rings. The van der Waals surface area contributed by atoms with Gasteiger partial charge in [0.05, 0.1) is 25.2 Å². The molecule has 0 heterocycles. The van der Waals surface area contributed by atoms with E-state index in [-0.39, 0.29) is 24.9 Å². The van der Waals surface area contributed by atoms with E-state index in [0.717, 1.165) is 83.5 Å². The van der Waals surface area contributed by atoms with Crippen LogP contribution in [0.3, 0.4) is 0 Å². The molecule has 0 aliphatic carbocycles. The lowest BCUT2D eigenvalue weighted by atomic mass is 10.0. The largest absolute Gasteiger partial charge is 0.462 e. The van der Waals surface area contributed by atoms with Crippen LogP contribution >= 0.6 is 0 Å². The van der Waals surface area contributed by atoms with Gasteiger partial charge in [0.15, 0.2) is 0 Å². The average Bonchev–Trinajstić information content (AvgIpc) is 3.36. The summed E-state index contributed by atoms with van der Waals surface area (Å²) in [7, 11) is 0. The highest BCUT2D eigenvalue weighted by atomic mass is 16.5. The minimum absolute atomic E-state index is 0.0405. The van der Waals surface area contributed by atoms with Crippen LogP contribution in [0.5, 0.6) is 0 Å². The molecule has 0 saturated heterocycles. The molecule has 0 aromatic rings. The number of allylic oxidation sites excluding steroid dienone is 10. The molecule has 3 atom stereocenters. The summed E-state index contributed by atoms with van der Waals surface area (Å²) in [5.41, 5.74) is 0. The first-order valence-corrected chi connectivity index (χ1v) is 31.0. The fourth-order valence-electron chi connectivity index (χ4n) is 9.47. The zero-order valence-corrected chi connectivity index (χ0v) is 47.4. The van der Waals surface area contributed by atoms with Crippen LogP contribution in [0.2, 0.25) is 0 Å². The van der Waals surface area contributed by atoms with Crippen LogP contribution in [-0.2, 0) is 14.3 Å². The molecule has 0 aromatic carbocycles. The van der Waals surface area contributed by atoms with Gasteiger partial charge in [-0.15, -0.1) is 0 Å². The molecule has 3 unspecified atom stereocenters. The van der Waals surface area contributed by atoms with E-state index in [9.17, 15) is 19.8 Å². The summed E-state index contributed by atoms with van der Waals surface area (Å²) in [6, 6.07) is -0.721. The summed E-state index contributed by atoms with van der Waals surface area (Å²) in [6.45, 7) is 6.40. The Morgan fingerprint density at radius 3 is 1.13 bits per heavy atom. The Kier molecular flexibility index (Phi) is 56.4. The standard InChI is InChI=1S/C65H119NO5/c1-4-7-10-13-16-19-22-25-28-31-32-34-37-40-43-46-49-52-55-58-65(70)71-61(56-53-50-47-44-41-38-35-33-29-26-23-20-17-14-11-8-5-2)59-64(69)66-62(60-67)63(68)57-54-51-48-45-42-39-36-30-27-24-21-18-15-12-9-6-3/h8,11,17,20,26,29,35,38,44,47,61-63,67-68H,4-7,9-10,12-16,18-19,21-25,27-28,30-34,36-37,39-43,45-46,48-60H2,1-3H3,(H,66,69)/b11-8-,20-17-,29-26-,38-35-,47-44-. The van der Waals surface area contributed by atoms with Gasteiger partial charge in [-0.2, -0.15) is 0 Å². The van der Waals surface area contributed by atoms with Crippen molar-refractivity contribution in [3.63, 3.8) is 0 Å². The van der Waals surface area contributed by atoms with Crippen molar-refractivity contribution in [2.45, 2.75) is 334 Å². The number of hydrogen-bond donors (Lipinski definition) is 3. The van der Waals surface area contributed by atoms with Crippen LogP contribution < -0.4 is 5.32 Å². The van der Waals surface area contributed by atoms with Crippen LogP contribution in [0.25, 0.3) is 0 Å². The highest BCUT2D eigenvalue weighted by Crippen LogP contribution is 2.19. The predicted molar refractivity (Wildman–Crippen MR) is 310 cm³/mol. The number of hydrogen-bond acceptors (Lipinski definition) is 5. The van der Waals surface area contributed by atoms with Gasteiger partial charge in [0.25, 0.3) is 0 Å². The summed E-state index contributed by atoms with van der Waals surface area (Å²) in [5.74, 6) is -0.516. The fourth-order valence-corrected chi connectivity index (χ4v) is 9.47. The summed E-state index contributed by atoms with van der Waals surface area (Å²) in [5, 5.41) is 23.9. The number of rotatable bonds is 56. The van der Waals surface area contributed by atoms with Crippen LogP contribution in [0.4, 0.5) is 0 Å². The Bertz CT molecular complexity index is 1250. The van der Waals surface area contributed by atoms with Crippen LogP contribution in [0, 0.1) is 0 Å². The molecule has 0 saturated carbocycles. The van der Waals surface area contributed by atoms with Gasteiger partial charge >= 0.3 is 5.97 Å². The third kappa shape index (κ3) is 53.7. The monoisotopic (exact) mass is 994 g/mol. The molecule has 0 spiro atoms. The van der Waals surface area contributed by atoms with Gasteiger partial charge in [-0.1, -0.05) is 300 Å². The molecule has 6 heteroatoms. The van der Waals surface area contributed by atoms with Crippen LogP contribution in [0.1, 0.15) is 316 Å². The van der Waals surface area contributed by atoms with E-state index in [0.29, 0.717) is 19.3 Å². The molecule has 6 nitrogen and oxygen atoms in total. The summed E-state index contributed by atoms with van der Waals surface area (Å²) < 4.78 is 5.95. The van der Waals surface area contributed by atoms with Crippen molar-refractivity contribution in [1.82, 2.24) is 5.32 Å². The molecule has 0 fully saturated rings. The highest BCUT2D eigenvalue weighted by molar-refractivity contribution is 5.77. The van der Waals surface area contributed by atoms with E-state index in [1.54, 1.807) is 0 Å². The molecule has 0 aliphatic heterocycles. The van der Waals surface area contributed by atoms with Gasteiger partial charge in [0.2, 0.25) is 5.91 Å². The van der Waals surface area contributed by atoms with Gasteiger partial charge < -0.3 is 20.3 Å². The normalized spacial score (nSPS) is 13.5. The second kappa shape index (κ2) is 58.4. The number of unbranched alkanes of at least 4 members (excludes halogenated alkanes) is 34. The SMILES string of the molecule is CC/C=C\C/C=C\C/C=C\C/C=C\C/C=C\CCCC(CC(=O)NC(CO)C(O)CCCCCCCCCCCCCCCCCC)OC(=O)CCCCCCCCCCCCCCCCCCCCC. The number of esters is 1. The summed E-state index contributed by atoms with van der Waals surface area (Å²) in [4.78, 5) is 26.3. The summed E-state index contributed by atoms with van der Waals surface area (Å²) >= 11 is 0. The molecule has 414 valence electrons. The van der Waals surface area contributed by atoms with Gasteiger partial charge in [0, 0.05) is 6.42 Å². The van der Waals surface area contributed by atoms with Gasteiger partial charge in [0.1, 0.15) is 6.10 Å².